The fourth-order valence-corrected chi connectivity index (χ4v) is 4.59. The maximum atomic E-state index is 12.7. The van der Waals surface area contributed by atoms with Crippen molar-refractivity contribution in [1.82, 2.24) is 14.5 Å². The predicted octanol–water partition coefficient (Wildman–Crippen LogP) is 1.31. The first-order valence-corrected chi connectivity index (χ1v) is 11.0. The molecule has 1 fully saturated rings. The van der Waals surface area contributed by atoms with E-state index in [9.17, 15) is 18.0 Å². The lowest BCUT2D eigenvalue weighted by molar-refractivity contribution is -0.131. The van der Waals surface area contributed by atoms with Crippen molar-refractivity contribution in [2.75, 3.05) is 39.8 Å². The van der Waals surface area contributed by atoms with Crippen LogP contribution >= 0.6 is 15.9 Å². The molecule has 1 aromatic carbocycles. The summed E-state index contributed by atoms with van der Waals surface area (Å²) in [4.78, 5) is 26.0. The van der Waals surface area contributed by atoms with Crippen molar-refractivity contribution in [2.24, 2.45) is 0 Å². The molecule has 1 aliphatic heterocycles. The Morgan fingerprint density at radius 2 is 1.76 bits per heavy atom. The number of carbonyl (C=O) groups excluding carboxylic acids is 2. The number of rotatable bonds is 6. The zero-order chi connectivity index (χ0) is 21.0. The number of nitrogens with one attached hydrogen (secondary N) is 1. The van der Waals surface area contributed by atoms with E-state index in [-0.39, 0.29) is 49.3 Å². The number of ether oxygens (including phenoxy) is 1. The van der Waals surface area contributed by atoms with Crippen LogP contribution in [0.3, 0.4) is 0 Å². The summed E-state index contributed by atoms with van der Waals surface area (Å²) in [6, 6.07) is 9.24. The van der Waals surface area contributed by atoms with Crippen LogP contribution in [0.15, 0.2) is 50.4 Å². The van der Waals surface area contributed by atoms with Crippen LogP contribution in [0.4, 0.5) is 0 Å². The average Bonchev–Trinajstić information content (AvgIpc) is 3.18. The third kappa shape index (κ3) is 4.98. The molecule has 0 aliphatic carbocycles. The lowest BCUT2D eigenvalue weighted by Gasteiger charge is -2.34. The quantitative estimate of drug-likeness (QED) is 0.660. The summed E-state index contributed by atoms with van der Waals surface area (Å²) < 4.78 is 37.4. The van der Waals surface area contributed by atoms with Crippen LogP contribution in [0.1, 0.15) is 10.6 Å². The molecule has 0 unspecified atom stereocenters. The van der Waals surface area contributed by atoms with Gasteiger partial charge < -0.3 is 19.4 Å². The summed E-state index contributed by atoms with van der Waals surface area (Å²) in [6.07, 6.45) is 0. The molecule has 1 aromatic heterocycles. The Morgan fingerprint density at radius 1 is 1.10 bits per heavy atom. The molecule has 1 saturated heterocycles. The lowest BCUT2D eigenvalue weighted by Crippen LogP contribution is -2.52. The standard InChI is InChI=1S/C18H20BrN3O6S/c1-27-13-2-4-14(5-3-13)29(25,26)22-10-8-21(9-11-22)17(23)12-20-18(24)15-6-7-16(19)28-15/h2-7H,8-12H2,1H3,(H,20,24). The van der Waals surface area contributed by atoms with Crippen LogP contribution in [0.2, 0.25) is 0 Å². The van der Waals surface area contributed by atoms with Crippen molar-refractivity contribution in [3.8, 4) is 5.75 Å². The highest BCUT2D eigenvalue weighted by Gasteiger charge is 2.30. The minimum Gasteiger partial charge on any atom is -0.497 e. The Labute approximate surface area is 176 Å². The molecule has 2 heterocycles. The van der Waals surface area contributed by atoms with Gasteiger partial charge in [-0.1, -0.05) is 0 Å². The molecule has 0 bridgehead atoms. The molecule has 2 aromatic rings. The van der Waals surface area contributed by atoms with Crippen molar-refractivity contribution in [2.45, 2.75) is 4.90 Å². The van der Waals surface area contributed by atoms with Crippen molar-refractivity contribution >= 4 is 37.8 Å². The molecule has 156 valence electrons. The van der Waals surface area contributed by atoms with Crippen LogP contribution in [0, 0.1) is 0 Å². The first-order chi connectivity index (χ1) is 13.8. The highest BCUT2D eigenvalue weighted by atomic mass is 79.9. The third-order valence-corrected chi connectivity index (χ3v) is 6.82. The second-order valence-corrected chi connectivity index (χ2v) is 8.97. The number of benzene rings is 1. The van der Waals surface area contributed by atoms with E-state index >= 15 is 0 Å². The minimum atomic E-state index is -3.64. The van der Waals surface area contributed by atoms with Gasteiger partial charge >= 0.3 is 0 Å². The molecule has 3 rings (SSSR count). The summed E-state index contributed by atoms with van der Waals surface area (Å²) in [6.45, 7) is 0.660. The number of hydrogen-bond donors (Lipinski definition) is 1. The number of furan rings is 1. The minimum absolute atomic E-state index is 0.0973. The van der Waals surface area contributed by atoms with Crippen LogP contribution in [0.5, 0.6) is 5.75 Å². The molecule has 1 aliphatic rings. The van der Waals surface area contributed by atoms with Gasteiger partial charge in [0, 0.05) is 26.2 Å². The molecule has 2 amide bonds. The number of amides is 2. The number of methoxy groups -OCH3 is 1. The molecule has 29 heavy (non-hydrogen) atoms. The fraction of sp³-hybridized carbons (Fsp3) is 0.333. The fourth-order valence-electron chi connectivity index (χ4n) is 2.87. The summed E-state index contributed by atoms with van der Waals surface area (Å²) >= 11 is 3.11. The van der Waals surface area contributed by atoms with E-state index in [2.05, 4.69) is 21.2 Å². The second kappa shape index (κ2) is 8.97. The van der Waals surface area contributed by atoms with E-state index < -0.39 is 15.9 Å². The van der Waals surface area contributed by atoms with Crippen LogP contribution in [-0.2, 0) is 14.8 Å². The highest BCUT2D eigenvalue weighted by Crippen LogP contribution is 2.20. The number of nitrogens with zero attached hydrogens (tertiary/aromatic N) is 2. The molecular weight excluding hydrogens is 466 g/mol. The van der Waals surface area contributed by atoms with Gasteiger partial charge in [-0.05, 0) is 52.3 Å². The molecule has 1 N–H and O–H groups in total. The van der Waals surface area contributed by atoms with E-state index in [1.54, 1.807) is 18.2 Å². The number of carbonyl (C=O) groups is 2. The maximum Gasteiger partial charge on any atom is 0.287 e. The Kier molecular flexibility index (Phi) is 6.60. The Hall–Kier alpha value is -2.37. The van der Waals surface area contributed by atoms with Gasteiger partial charge in [0.05, 0.1) is 18.6 Å². The first kappa shape index (κ1) is 21.3. The zero-order valence-corrected chi connectivity index (χ0v) is 18.0. The van der Waals surface area contributed by atoms with Crippen molar-refractivity contribution in [3.05, 3.63) is 46.8 Å². The van der Waals surface area contributed by atoms with Crippen LogP contribution in [0.25, 0.3) is 0 Å². The molecular formula is C18H20BrN3O6S. The number of hydrogen-bond acceptors (Lipinski definition) is 6. The summed E-state index contributed by atoms with van der Waals surface area (Å²) in [5.41, 5.74) is 0. The smallest absolute Gasteiger partial charge is 0.287 e. The summed E-state index contributed by atoms with van der Waals surface area (Å²) in [5.74, 6) is -0.112. The monoisotopic (exact) mass is 485 g/mol. The number of halogens is 1. The largest absolute Gasteiger partial charge is 0.497 e. The van der Waals surface area contributed by atoms with E-state index in [0.29, 0.717) is 10.4 Å². The van der Waals surface area contributed by atoms with E-state index in [1.165, 1.54) is 34.5 Å². The maximum absolute atomic E-state index is 12.7. The van der Waals surface area contributed by atoms with Gasteiger partial charge in [0.25, 0.3) is 5.91 Å². The SMILES string of the molecule is COc1ccc(S(=O)(=O)N2CCN(C(=O)CNC(=O)c3ccc(Br)o3)CC2)cc1. The molecule has 11 heteroatoms. The molecule has 0 saturated carbocycles. The molecule has 0 radical (unpaired) electrons. The number of sulfonamides is 1. The Morgan fingerprint density at radius 3 is 2.31 bits per heavy atom. The zero-order valence-electron chi connectivity index (χ0n) is 15.6. The van der Waals surface area contributed by atoms with Gasteiger partial charge in [0.1, 0.15) is 5.75 Å². The highest BCUT2D eigenvalue weighted by molar-refractivity contribution is 9.10. The Balaban J connectivity index is 1.52. The van der Waals surface area contributed by atoms with Gasteiger partial charge in [0.15, 0.2) is 10.4 Å². The second-order valence-electron chi connectivity index (χ2n) is 6.25. The van der Waals surface area contributed by atoms with Gasteiger partial charge in [-0.2, -0.15) is 4.31 Å². The third-order valence-electron chi connectivity index (χ3n) is 4.49. The summed E-state index contributed by atoms with van der Waals surface area (Å²) in [5, 5.41) is 2.50. The van der Waals surface area contributed by atoms with E-state index in [1.807, 2.05) is 0 Å². The van der Waals surface area contributed by atoms with Gasteiger partial charge in [-0.25, -0.2) is 8.42 Å². The molecule has 9 nitrogen and oxygen atoms in total. The van der Waals surface area contributed by atoms with E-state index in [4.69, 9.17) is 9.15 Å². The molecule has 0 spiro atoms. The molecule has 0 atom stereocenters. The normalized spacial score (nSPS) is 15.2. The van der Waals surface area contributed by atoms with Crippen LogP contribution < -0.4 is 10.1 Å². The van der Waals surface area contributed by atoms with Crippen molar-refractivity contribution < 1.29 is 27.2 Å². The Bertz CT molecular complexity index is 981. The first-order valence-electron chi connectivity index (χ1n) is 8.77. The van der Waals surface area contributed by atoms with Gasteiger partial charge in [0.2, 0.25) is 15.9 Å². The number of piperazine rings is 1. The van der Waals surface area contributed by atoms with Gasteiger partial charge in [-0.15, -0.1) is 0 Å². The summed E-state index contributed by atoms with van der Waals surface area (Å²) in [7, 11) is -2.13. The predicted molar refractivity (Wildman–Crippen MR) is 107 cm³/mol. The topological polar surface area (TPSA) is 109 Å². The van der Waals surface area contributed by atoms with Crippen LogP contribution in [-0.4, -0.2) is 69.3 Å². The van der Waals surface area contributed by atoms with E-state index in [0.717, 1.165) is 0 Å². The van der Waals surface area contributed by atoms with Crippen molar-refractivity contribution in [1.29, 1.82) is 0 Å². The average molecular weight is 486 g/mol. The lowest BCUT2D eigenvalue weighted by atomic mass is 10.3. The van der Waals surface area contributed by atoms with Gasteiger partial charge in [-0.3, -0.25) is 9.59 Å². The van der Waals surface area contributed by atoms with Crippen molar-refractivity contribution in [3.63, 3.8) is 0 Å².